The Morgan fingerprint density at radius 2 is 2.12 bits per heavy atom. The number of ether oxygens (including phenoxy) is 1. The van der Waals surface area contributed by atoms with Gasteiger partial charge in [0, 0.05) is 11.6 Å². The Labute approximate surface area is 97.8 Å². The minimum Gasteiger partial charge on any atom is -0.493 e. The molecule has 1 atom stereocenters. The Kier molecular flexibility index (Phi) is 3.57. The van der Waals surface area contributed by atoms with Crippen LogP contribution in [0, 0.1) is 17.5 Å². The minimum absolute atomic E-state index is 0.174. The zero-order valence-electron chi connectivity index (χ0n) is 9.53. The Hall–Kier alpha value is -1.23. The quantitative estimate of drug-likeness (QED) is 0.826. The first-order valence-corrected chi connectivity index (χ1v) is 5.57. The summed E-state index contributed by atoms with van der Waals surface area (Å²) in [5, 5.41) is 3.22. The molecule has 2 nitrogen and oxygen atoms in total. The number of hydrogen-bond acceptors (Lipinski definition) is 2. The van der Waals surface area contributed by atoms with Crippen LogP contribution in [0.3, 0.4) is 0 Å². The highest BCUT2D eigenvalue weighted by Gasteiger charge is 2.22. The summed E-state index contributed by atoms with van der Waals surface area (Å²) in [6.07, 6.45) is 2.43. The van der Waals surface area contributed by atoms with Gasteiger partial charge in [0.2, 0.25) is 5.82 Å². The molecule has 1 aromatic carbocycles. The fourth-order valence-electron chi connectivity index (χ4n) is 2.20. The number of methoxy groups -OCH3 is 1. The molecule has 1 saturated heterocycles. The zero-order chi connectivity index (χ0) is 12.4. The second-order valence-corrected chi connectivity index (χ2v) is 4.18. The highest BCUT2D eigenvalue weighted by molar-refractivity contribution is 5.37. The van der Waals surface area contributed by atoms with E-state index in [-0.39, 0.29) is 11.8 Å². The monoisotopic (exact) mass is 245 g/mol. The molecule has 1 heterocycles. The third-order valence-corrected chi connectivity index (χ3v) is 3.03. The lowest BCUT2D eigenvalue weighted by atomic mass is 10.0. The van der Waals surface area contributed by atoms with Crippen LogP contribution in [0.5, 0.6) is 5.75 Å². The Balaban J connectivity index is 2.31. The molecule has 1 N–H and O–H groups in total. The largest absolute Gasteiger partial charge is 0.493 e. The van der Waals surface area contributed by atoms with Crippen LogP contribution in [0.15, 0.2) is 6.07 Å². The molecule has 17 heavy (non-hydrogen) atoms. The van der Waals surface area contributed by atoms with E-state index in [1.807, 2.05) is 0 Å². The van der Waals surface area contributed by atoms with Crippen molar-refractivity contribution >= 4 is 0 Å². The van der Waals surface area contributed by atoms with E-state index < -0.39 is 17.5 Å². The van der Waals surface area contributed by atoms with E-state index in [1.54, 1.807) is 0 Å². The maximum atomic E-state index is 13.4. The lowest BCUT2D eigenvalue weighted by molar-refractivity contribution is 0.353. The number of hydrogen-bond donors (Lipinski definition) is 1. The molecule has 0 spiro atoms. The van der Waals surface area contributed by atoms with E-state index >= 15 is 0 Å². The lowest BCUT2D eigenvalue weighted by Gasteiger charge is -2.14. The van der Waals surface area contributed by atoms with Gasteiger partial charge >= 0.3 is 0 Å². The van der Waals surface area contributed by atoms with Crippen LogP contribution in [-0.4, -0.2) is 19.7 Å². The third kappa shape index (κ3) is 2.39. The van der Waals surface area contributed by atoms with E-state index in [4.69, 9.17) is 4.74 Å². The number of halogens is 3. The van der Waals surface area contributed by atoms with Crippen molar-refractivity contribution in [2.24, 2.45) is 0 Å². The first-order valence-electron chi connectivity index (χ1n) is 5.57. The van der Waals surface area contributed by atoms with Gasteiger partial charge in [-0.3, -0.25) is 0 Å². The zero-order valence-corrected chi connectivity index (χ0v) is 9.53. The number of benzene rings is 1. The van der Waals surface area contributed by atoms with Gasteiger partial charge in [-0.2, -0.15) is 4.39 Å². The normalized spacial score (nSPS) is 19.6. The standard InChI is InChI=1S/C12H14F3NO/c1-17-12-7(5-8-3-2-4-16-8)6-9(13)10(14)11(12)15/h6,8,16H,2-5H2,1H3. The highest BCUT2D eigenvalue weighted by Crippen LogP contribution is 2.29. The van der Waals surface area contributed by atoms with Crippen molar-refractivity contribution in [3.63, 3.8) is 0 Å². The second-order valence-electron chi connectivity index (χ2n) is 4.18. The summed E-state index contributed by atoms with van der Waals surface area (Å²) in [4.78, 5) is 0. The molecular weight excluding hydrogens is 231 g/mol. The number of nitrogens with one attached hydrogen (secondary N) is 1. The van der Waals surface area contributed by atoms with Crippen LogP contribution in [0.25, 0.3) is 0 Å². The number of rotatable bonds is 3. The molecule has 1 fully saturated rings. The van der Waals surface area contributed by atoms with Crippen LogP contribution < -0.4 is 10.1 Å². The molecule has 5 heteroatoms. The van der Waals surface area contributed by atoms with Gasteiger partial charge in [0.25, 0.3) is 0 Å². The Bertz CT molecular complexity index is 417. The summed E-state index contributed by atoms with van der Waals surface area (Å²) in [6, 6.07) is 1.19. The first kappa shape index (κ1) is 12.2. The van der Waals surface area contributed by atoms with Gasteiger partial charge in [-0.15, -0.1) is 0 Å². The summed E-state index contributed by atoms with van der Waals surface area (Å²) in [5.41, 5.74) is 0.364. The highest BCUT2D eigenvalue weighted by atomic mass is 19.2. The smallest absolute Gasteiger partial charge is 0.203 e. The van der Waals surface area contributed by atoms with Gasteiger partial charge in [0.05, 0.1) is 7.11 Å². The summed E-state index contributed by atoms with van der Waals surface area (Å²) in [5.74, 6) is -4.10. The van der Waals surface area contributed by atoms with Gasteiger partial charge in [0.15, 0.2) is 17.4 Å². The van der Waals surface area contributed by atoms with E-state index in [0.29, 0.717) is 12.0 Å². The molecule has 94 valence electrons. The lowest BCUT2D eigenvalue weighted by Crippen LogP contribution is -2.24. The van der Waals surface area contributed by atoms with Gasteiger partial charge < -0.3 is 10.1 Å². The minimum atomic E-state index is -1.48. The van der Waals surface area contributed by atoms with Crippen LogP contribution in [0.4, 0.5) is 13.2 Å². The third-order valence-electron chi connectivity index (χ3n) is 3.03. The van der Waals surface area contributed by atoms with Crippen molar-refractivity contribution in [3.8, 4) is 5.75 Å². The average Bonchev–Trinajstić information content (AvgIpc) is 2.79. The van der Waals surface area contributed by atoms with Crippen LogP contribution >= 0.6 is 0 Å². The molecule has 0 amide bonds. The van der Waals surface area contributed by atoms with Crippen LogP contribution in [0.1, 0.15) is 18.4 Å². The Morgan fingerprint density at radius 1 is 1.35 bits per heavy atom. The molecule has 1 unspecified atom stereocenters. The topological polar surface area (TPSA) is 21.3 Å². The van der Waals surface area contributed by atoms with E-state index in [9.17, 15) is 13.2 Å². The second kappa shape index (κ2) is 4.96. The molecule has 2 rings (SSSR count). The molecule has 0 bridgehead atoms. The van der Waals surface area contributed by atoms with Gasteiger partial charge in [-0.05, 0) is 31.9 Å². The molecular formula is C12H14F3NO. The van der Waals surface area contributed by atoms with Crippen molar-refractivity contribution < 1.29 is 17.9 Å². The summed E-state index contributed by atoms with van der Waals surface area (Å²) < 4.78 is 44.4. The van der Waals surface area contributed by atoms with Gasteiger partial charge in [0.1, 0.15) is 0 Å². The molecule has 1 aliphatic rings. The average molecular weight is 245 g/mol. The SMILES string of the molecule is COc1c(CC2CCCN2)cc(F)c(F)c1F. The fourth-order valence-corrected chi connectivity index (χ4v) is 2.20. The van der Waals surface area contributed by atoms with Gasteiger partial charge in [-0.1, -0.05) is 0 Å². The summed E-state index contributed by atoms with van der Waals surface area (Å²) in [7, 11) is 1.25. The summed E-state index contributed by atoms with van der Waals surface area (Å²) in [6.45, 7) is 0.902. The molecule has 1 aliphatic heterocycles. The van der Waals surface area contributed by atoms with Crippen molar-refractivity contribution in [1.82, 2.24) is 5.32 Å². The molecule has 0 radical (unpaired) electrons. The van der Waals surface area contributed by atoms with E-state index in [2.05, 4.69) is 5.32 Å². The van der Waals surface area contributed by atoms with E-state index in [0.717, 1.165) is 25.5 Å². The van der Waals surface area contributed by atoms with Crippen LogP contribution in [0.2, 0.25) is 0 Å². The van der Waals surface area contributed by atoms with Crippen molar-refractivity contribution in [2.75, 3.05) is 13.7 Å². The molecule has 0 aliphatic carbocycles. The van der Waals surface area contributed by atoms with Gasteiger partial charge in [-0.25, -0.2) is 8.78 Å². The maximum Gasteiger partial charge on any atom is 0.203 e. The van der Waals surface area contributed by atoms with Crippen molar-refractivity contribution in [1.29, 1.82) is 0 Å². The predicted octanol–water partition coefficient (Wildman–Crippen LogP) is 2.41. The summed E-state index contributed by atoms with van der Waals surface area (Å²) >= 11 is 0. The molecule has 0 aromatic heterocycles. The van der Waals surface area contributed by atoms with Crippen LogP contribution in [-0.2, 0) is 6.42 Å². The molecule has 1 aromatic rings. The Morgan fingerprint density at radius 3 is 2.71 bits per heavy atom. The molecule has 0 saturated carbocycles. The maximum absolute atomic E-state index is 13.4. The fraction of sp³-hybridized carbons (Fsp3) is 0.500. The van der Waals surface area contributed by atoms with E-state index in [1.165, 1.54) is 7.11 Å². The predicted molar refractivity (Wildman–Crippen MR) is 57.6 cm³/mol. The first-order chi connectivity index (χ1) is 8.13. The van der Waals surface area contributed by atoms with Crippen molar-refractivity contribution in [2.45, 2.75) is 25.3 Å². The van der Waals surface area contributed by atoms with Crippen molar-refractivity contribution in [3.05, 3.63) is 29.1 Å².